The maximum absolute atomic E-state index is 5.89. The number of hydrogen-bond donors (Lipinski definition) is 2. The van der Waals surface area contributed by atoms with E-state index in [1.54, 1.807) is 12.1 Å². The van der Waals surface area contributed by atoms with E-state index in [4.69, 9.17) is 21.8 Å². The molecule has 0 bridgehead atoms. The third kappa shape index (κ3) is 1.61. The quantitative estimate of drug-likeness (QED) is 0.775. The molecule has 13 heavy (non-hydrogen) atoms. The fourth-order valence-corrected chi connectivity index (χ4v) is 1.34. The third-order valence-corrected chi connectivity index (χ3v) is 2.06. The van der Waals surface area contributed by atoms with Crippen molar-refractivity contribution in [3.63, 3.8) is 0 Å². The molecular formula is C9H9ClN2O. The van der Waals surface area contributed by atoms with Crippen molar-refractivity contribution in [2.45, 2.75) is 6.04 Å². The summed E-state index contributed by atoms with van der Waals surface area (Å²) in [6.45, 7) is 0. The van der Waals surface area contributed by atoms with Gasteiger partial charge in [0.1, 0.15) is 11.8 Å². The van der Waals surface area contributed by atoms with Crippen molar-refractivity contribution in [1.29, 1.82) is 0 Å². The van der Waals surface area contributed by atoms with Gasteiger partial charge < -0.3 is 15.1 Å². The molecule has 0 aliphatic rings. The Balaban J connectivity index is 2.28. The third-order valence-electron chi connectivity index (χ3n) is 1.86. The molecule has 0 spiro atoms. The van der Waals surface area contributed by atoms with Gasteiger partial charge in [0.05, 0.1) is 0 Å². The van der Waals surface area contributed by atoms with E-state index in [1.807, 2.05) is 18.3 Å². The van der Waals surface area contributed by atoms with Gasteiger partial charge in [-0.2, -0.15) is 0 Å². The second-order valence-corrected chi connectivity index (χ2v) is 3.12. The first-order chi connectivity index (χ1) is 6.27. The number of H-pyrrole nitrogens is 1. The number of rotatable bonds is 2. The molecule has 1 atom stereocenters. The maximum atomic E-state index is 5.89. The molecule has 0 amide bonds. The standard InChI is InChI=1S/C9H9ClN2O/c10-8-4-3-7(13-8)9(11)6-2-1-5-12-6/h1-5,9,12H,11H2. The lowest BCUT2D eigenvalue weighted by atomic mass is 10.2. The molecular weight excluding hydrogens is 188 g/mol. The van der Waals surface area contributed by atoms with Crippen LogP contribution in [0, 0.1) is 0 Å². The first kappa shape index (κ1) is 8.41. The highest BCUT2D eigenvalue weighted by Crippen LogP contribution is 2.22. The zero-order chi connectivity index (χ0) is 9.26. The van der Waals surface area contributed by atoms with E-state index >= 15 is 0 Å². The van der Waals surface area contributed by atoms with Gasteiger partial charge in [0.25, 0.3) is 0 Å². The van der Waals surface area contributed by atoms with E-state index in [2.05, 4.69) is 4.98 Å². The lowest BCUT2D eigenvalue weighted by Crippen LogP contribution is -2.10. The van der Waals surface area contributed by atoms with Gasteiger partial charge in [-0.25, -0.2) is 0 Å². The number of aromatic amines is 1. The molecule has 0 saturated heterocycles. The van der Waals surface area contributed by atoms with Crippen LogP contribution >= 0.6 is 11.6 Å². The minimum atomic E-state index is -0.275. The van der Waals surface area contributed by atoms with Gasteiger partial charge in [-0.1, -0.05) is 0 Å². The Kier molecular flexibility index (Phi) is 2.12. The summed E-state index contributed by atoms with van der Waals surface area (Å²) in [7, 11) is 0. The predicted octanol–water partition coefficient (Wildman–Crippen LogP) is 2.31. The minimum absolute atomic E-state index is 0.275. The molecule has 68 valence electrons. The second kappa shape index (κ2) is 3.28. The van der Waals surface area contributed by atoms with E-state index in [0.29, 0.717) is 11.0 Å². The van der Waals surface area contributed by atoms with E-state index in [9.17, 15) is 0 Å². The molecule has 0 aliphatic heterocycles. The van der Waals surface area contributed by atoms with Gasteiger partial charge in [-0.15, -0.1) is 0 Å². The summed E-state index contributed by atoms with van der Waals surface area (Å²) >= 11 is 5.63. The number of furan rings is 1. The average Bonchev–Trinajstić information content (AvgIpc) is 2.72. The van der Waals surface area contributed by atoms with Crippen molar-refractivity contribution >= 4 is 11.6 Å². The van der Waals surface area contributed by atoms with Gasteiger partial charge in [0, 0.05) is 11.9 Å². The molecule has 3 nitrogen and oxygen atoms in total. The fourth-order valence-electron chi connectivity index (χ4n) is 1.19. The molecule has 4 heteroatoms. The predicted molar refractivity (Wildman–Crippen MR) is 50.5 cm³/mol. The number of halogens is 1. The molecule has 0 aromatic carbocycles. The Hall–Kier alpha value is -1.19. The van der Waals surface area contributed by atoms with Gasteiger partial charge in [-0.05, 0) is 35.9 Å². The summed E-state index contributed by atoms with van der Waals surface area (Å²) in [5.74, 6) is 0.660. The molecule has 2 rings (SSSR count). The number of nitrogens with one attached hydrogen (secondary N) is 1. The molecule has 2 heterocycles. The Morgan fingerprint density at radius 3 is 2.77 bits per heavy atom. The fraction of sp³-hybridized carbons (Fsp3) is 0.111. The van der Waals surface area contributed by atoms with Crippen LogP contribution in [0.25, 0.3) is 0 Å². The highest BCUT2D eigenvalue weighted by Gasteiger charge is 2.12. The molecule has 0 aliphatic carbocycles. The highest BCUT2D eigenvalue weighted by molar-refractivity contribution is 6.28. The molecule has 0 radical (unpaired) electrons. The lowest BCUT2D eigenvalue weighted by Gasteiger charge is -2.05. The molecule has 3 N–H and O–H groups in total. The first-order valence-corrected chi connectivity index (χ1v) is 4.29. The van der Waals surface area contributed by atoms with Gasteiger partial charge in [-0.3, -0.25) is 0 Å². The van der Waals surface area contributed by atoms with Crippen molar-refractivity contribution in [2.75, 3.05) is 0 Å². The van der Waals surface area contributed by atoms with Gasteiger partial charge in [0.2, 0.25) is 0 Å². The Morgan fingerprint density at radius 1 is 1.38 bits per heavy atom. The summed E-state index contributed by atoms with van der Waals surface area (Å²) in [6, 6.07) is 6.97. The van der Waals surface area contributed by atoms with E-state index < -0.39 is 0 Å². The smallest absolute Gasteiger partial charge is 0.193 e. The SMILES string of the molecule is NC(c1ccc[nH]1)c1ccc(Cl)o1. The summed E-state index contributed by atoms with van der Waals surface area (Å²) < 4.78 is 5.19. The molecule has 0 saturated carbocycles. The van der Waals surface area contributed by atoms with Crippen LogP contribution in [0.4, 0.5) is 0 Å². The van der Waals surface area contributed by atoms with Crippen molar-refractivity contribution < 1.29 is 4.42 Å². The first-order valence-electron chi connectivity index (χ1n) is 3.91. The van der Waals surface area contributed by atoms with Crippen molar-refractivity contribution in [3.8, 4) is 0 Å². The Labute approximate surface area is 80.5 Å². The van der Waals surface area contributed by atoms with Gasteiger partial charge in [0.15, 0.2) is 5.22 Å². The maximum Gasteiger partial charge on any atom is 0.193 e. The zero-order valence-corrected chi connectivity index (χ0v) is 7.58. The van der Waals surface area contributed by atoms with Crippen LogP contribution in [0.2, 0.25) is 5.22 Å². The summed E-state index contributed by atoms with van der Waals surface area (Å²) in [5, 5.41) is 0.358. The summed E-state index contributed by atoms with van der Waals surface area (Å²) in [5.41, 5.74) is 6.80. The van der Waals surface area contributed by atoms with Gasteiger partial charge >= 0.3 is 0 Å². The second-order valence-electron chi connectivity index (χ2n) is 2.75. The van der Waals surface area contributed by atoms with Crippen LogP contribution in [0.5, 0.6) is 0 Å². The van der Waals surface area contributed by atoms with Crippen LogP contribution < -0.4 is 5.73 Å². The van der Waals surface area contributed by atoms with Crippen molar-refractivity contribution in [3.05, 3.63) is 47.1 Å². The molecule has 2 aromatic rings. The molecule has 1 unspecified atom stereocenters. The van der Waals surface area contributed by atoms with Crippen molar-refractivity contribution in [2.24, 2.45) is 5.73 Å². The van der Waals surface area contributed by atoms with E-state index in [1.165, 1.54) is 0 Å². The Morgan fingerprint density at radius 2 is 2.23 bits per heavy atom. The topological polar surface area (TPSA) is 55.0 Å². The largest absolute Gasteiger partial charge is 0.448 e. The van der Waals surface area contributed by atoms with Crippen molar-refractivity contribution in [1.82, 2.24) is 4.98 Å². The molecule has 0 fully saturated rings. The summed E-state index contributed by atoms with van der Waals surface area (Å²) in [4.78, 5) is 3.02. The average molecular weight is 197 g/mol. The number of nitrogens with two attached hydrogens (primary N) is 1. The normalized spacial score (nSPS) is 13.1. The van der Waals surface area contributed by atoms with Crippen LogP contribution in [0.15, 0.2) is 34.9 Å². The number of aromatic nitrogens is 1. The van der Waals surface area contributed by atoms with Crippen LogP contribution in [0.3, 0.4) is 0 Å². The van der Waals surface area contributed by atoms with Crippen LogP contribution in [0.1, 0.15) is 17.5 Å². The summed E-state index contributed by atoms with van der Waals surface area (Å²) in [6.07, 6.45) is 1.82. The lowest BCUT2D eigenvalue weighted by molar-refractivity contribution is 0.489. The van der Waals surface area contributed by atoms with E-state index in [0.717, 1.165) is 5.69 Å². The van der Waals surface area contributed by atoms with Crippen LogP contribution in [-0.4, -0.2) is 4.98 Å². The minimum Gasteiger partial charge on any atom is -0.448 e. The Bertz CT molecular complexity index is 380. The zero-order valence-electron chi connectivity index (χ0n) is 6.83. The van der Waals surface area contributed by atoms with E-state index in [-0.39, 0.29) is 6.04 Å². The number of hydrogen-bond acceptors (Lipinski definition) is 2. The highest BCUT2D eigenvalue weighted by atomic mass is 35.5. The monoisotopic (exact) mass is 196 g/mol. The molecule has 2 aromatic heterocycles. The van der Waals surface area contributed by atoms with Crippen LogP contribution in [-0.2, 0) is 0 Å².